The summed E-state index contributed by atoms with van der Waals surface area (Å²) in [5, 5.41) is 5.75. The molecular formula is C24H32N2O2S2. The molecule has 4 nitrogen and oxygen atoms in total. The van der Waals surface area contributed by atoms with Crippen LogP contribution in [0.25, 0.3) is 0 Å². The van der Waals surface area contributed by atoms with E-state index in [4.69, 9.17) is 0 Å². The summed E-state index contributed by atoms with van der Waals surface area (Å²) >= 11 is 3.05. The maximum atomic E-state index is 13.6. The van der Waals surface area contributed by atoms with Crippen molar-refractivity contribution in [2.24, 2.45) is 17.3 Å². The second-order valence-electron chi connectivity index (χ2n) is 9.94. The van der Waals surface area contributed by atoms with Crippen LogP contribution in [-0.2, 0) is 12.8 Å². The fourth-order valence-electron chi connectivity index (χ4n) is 4.74. The van der Waals surface area contributed by atoms with Crippen molar-refractivity contribution in [2.45, 2.75) is 59.8 Å². The van der Waals surface area contributed by atoms with Crippen LogP contribution in [0, 0.1) is 17.3 Å². The molecule has 1 aliphatic heterocycles. The summed E-state index contributed by atoms with van der Waals surface area (Å²) in [7, 11) is 0. The molecule has 2 amide bonds. The summed E-state index contributed by atoms with van der Waals surface area (Å²) < 4.78 is 0. The quantitative estimate of drug-likeness (QED) is 0.623. The fourth-order valence-corrected chi connectivity index (χ4v) is 6.68. The Balaban J connectivity index is 1.68. The third-order valence-electron chi connectivity index (χ3n) is 6.62. The summed E-state index contributed by atoms with van der Waals surface area (Å²) in [5.41, 5.74) is 2.20. The average molecular weight is 445 g/mol. The van der Waals surface area contributed by atoms with Gasteiger partial charge in [-0.1, -0.05) is 33.8 Å². The third kappa shape index (κ3) is 4.35. The van der Waals surface area contributed by atoms with Gasteiger partial charge in [-0.05, 0) is 66.4 Å². The molecule has 0 aromatic carbocycles. The Morgan fingerprint density at radius 1 is 1.23 bits per heavy atom. The summed E-state index contributed by atoms with van der Waals surface area (Å²) in [5.74, 6) is 1.13. The minimum absolute atomic E-state index is 0.106. The summed E-state index contributed by atoms with van der Waals surface area (Å²) in [6, 6.07) is 3.71. The van der Waals surface area contributed by atoms with Gasteiger partial charge in [-0.25, -0.2) is 0 Å². The lowest BCUT2D eigenvalue weighted by atomic mass is 9.72. The zero-order chi connectivity index (χ0) is 21.5. The number of anilines is 1. The number of hydrogen-bond acceptors (Lipinski definition) is 4. The van der Waals surface area contributed by atoms with Crippen molar-refractivity contribution in [3.05, 3.63) is 38.4 Å². The van der Waals surface area contributed by atoms with Gasteiger partial charge in [0, 0.05) is 18.0 Å². The topological polar surface area (TPSA) is 49.4 Å². The predicted octanol–water partition coefficient (Wildman–Crippen LogP) is 6.09. The Morgan fingerprint density at radius 2 is 2.03 bits per heavy atom. The van der Waals surface area contributed by atoms with Crippen LogP contribution in [0.15, 0.2) is 17.5 Å². The number of fused-ring (bicyclic) bond motifs is 1. The van der Waals surface area contributed by atoms with E-state index in [1.807, 2.05) is 22.4 Å². The van der Waals surface area contributed by atoms with E-state index in [1.54, 1.807) is 11.3 Å². The average Bonchev–Trinajstić information content (AvgIpc) is 3.34. The molecule has 0 unspecified atom stereocenters. The molecule has 0 bridgehead atoms. The summed E-state index contributed by atoms with van der Waals surface area (Å²) in [6.07, 6.45) is 5.26. The normalized spacial score (nSPS) is 21.9. The Hall–Kier alpha value is -1.66. The van der Waals surface area contributed by atoms with Crippen molar-refractivity contribution in [2.75, 3.05) is 18.4 Å². The lowest BCUT2D eigenvalue weighted by molar-refractivity contribution is 0.0683. The summed E-state index contributed by atoms with van der Waals surface area (Å²) in [6.45, 7) is 10.8. The molecule has 1 saturated heterocycles. The molecule has 2 atom stereocenters. The van der Waals surface area contributed by atoms with E-state index in [9.17, 15) is 9.59 Å². The first-order valence-corrected chi connectivity index (χ1v) is 12.7. The van der Waals surface area contributed by atoms with Gasteiger partial charge in [-0.15, -0.1) is 22.7 Å². The van der Waals surface area contributed by atoms with Gasteiger partial charge in [-0.3, -0.25) is 9.59 Å². The van der Waals surface area contributed by atoms with Crippen molar-refractivity contribution in [1.29, 1.82) is 0 Å². The number of likely N-dealkylation sites (tertiary alicyclic amines) is 1. The highest BCUT2D eigenvalue weighted by atomic mass is 32.1. The third-order valence-corrected chi connectivity index (χ3v) is 8.66. The lowest BCUT2D eigenvalue weighted by Gasteiger charge is -2.34. The zero-order valence-electron chi connectivity index (χ0n) is 18.4. The monoisotopic (exact) mass is 444 g/mol. The van der Waals surface area contributed by atoms with Gasteiger partial charge in [-0.2, -0.15) is 0 Å². The Labute approximate surface area is 187 Å². The van der Waals surface area contributed by atoms with E-state index >= 15 is 0 Å². The van der Waals surface area contributed by atoms with Crippen LogP contribution in [0.5, 0.6) is 0 Å². The molecule has 4 rings (SSSR count). The van der Waals surface area contributed by atoms with E-state index in [-0.39, 0.29) is 17.2 Å². The number of carbonyl (C=O) groups is 2. The maximum absolute atomic E-state index is 13.6. The molecule has 3 heterocycles. The molecule has 1 fully saturated rings. The molecule has 6 heteroatoms. The van der Waals surface area contributed by atoms with Gasteiger partial charge in [0.05, 0.1) is 10.4 Å². The van der Waals surface area contributed by atoms with Gasteiger partial charge in [0.25, 0.3) is 11.8 Å². The van der Waals surface area contributed by atoms with Crippen molar-refractivity contribution in [3.63, 3.8) is 0 Å². The minimum Gasteiger partial charge on any atom is -0.338 e. The Kier molecular flexibility index (Phi) is 6.08. The molecule has 30 heavy (non-hydrogen) atoms. The number of piperidine rings is 1. The number of thiophene rings is 2. The van der Waals surface area contributed by atoms with Gasteiger partial charge in [0.15, 0.2) is 0 Å². The number of rotatable bonds is 3. The van der Waals surface area contributed by atoms with Crippen molar-refractivity contribution >= 4 is 39.5 Å². The van der Waals surface area contributed by atoms with Crippen LogP contribution < -0.4 is 5.32 Å². The van der Waals surface area contributed by atoms with Crippen molar-refractivity contribution in [1.82, 2.24) is 4.90 Å². The fraction of sp³-hybridized carbons (Fsp3) is 0.583. The molecule has 1 N–H and O–H groups in total. The first-order chi connectivity index (χ1) is 14.2. The highest BCUT2D eigenvalue weighted by Gasteiger charge is 2.36. The number of carbonyl (C=O) groups excluding carboxylic acids is 2. The minimum atomic E-state index is -0.114. The standard InChI is InChI=1S/C24H32N2O2S2/c1-15-7-5-11-26(14-15)23(28)20-17-10-9-16(24(2,3)4)13-19(17)30-22(20)25-21(27)18-8-6-12-29-18/h6,8,12,15-16H,5,7,9-11,13-14H2,1-4H3,(H,25,27)/t15-,16+/m0/s1. The zero-order valence-corrected chi connectivity index (χ0v) is 20.0. The van der Waals surface area contributed by atoms with Crippen LogP contribution in [0.3, 0.4) is 0 Å². The molecule has 162 valence electrons. The number of hydrogen-bond donors (Lipinski definition) is 1. The summed E-state index contributed by atoms with van der Waals surface area (Å²) in [4.78, 5) is 30.4. The second-order valence-corrected chi connectivity index (χ2v) is 12.0. The SMILES string of the molecule is C[C@H]1CCCN(C(=O)c2c(NC(=O)c3cccs3)sc3c2CC[C@@H](C(C)(C)C)C3)C1. The molecule has 2 aliphatic rings. The smallest absolute Gasteiger partial charge is 0.266 e. The molecule has 0 spiro atoms. The van der Waals surface area contributed by atoms with Crippen molar-refractivity contribution in [3.8, 4) is 0 Å². The van der Waals surface area contributed by atoms with Crippen molar-refractivity contribution < 1.29 is 9.59 Å². The van der Waals surface area contributed by atoms with Crippen LogP contribution in [-0.4, -0.2) is 29.8 Å². The van der Waals surface area contributed by atoms with Gasteiger partial charge in [0.1, 0.15) is 5.00 Å². The highest BCUT2D eigenvalue weighted by molar-refractivity contribution is 7.17. The van der Waals surface area contributed by atoms with Gasteiger partial charge < -0.3 is 10.2 Å². The molecule has 2 aromatic rings. The van der Waals surface area contributed by atoms with E-state index in [2.05, 4.69) is 33.0 Å². The van der Waals surface area contributed by atoms with E-state index in [1.165, 1.54) is 28.2 Å². The second kappa shape index (κ2) is 8.46. The molecule has 0 radical (unpaired) electrons. The molecular weight excluding hydrogens is 412 g/mol. The van der Waals surface area contributed by atoms with Crippen LogP contribution in [0.4, 0.5) is 5.00 Å². The number of amides is 2. The highest BCUT2D eigenvalue weighted by Crippen LogP contribution is 2.45. The molecule has 0 saturated carbocycles. The van der Waals surface area contributed by atoms with E-state index in [0.29, 0.717) is 16.7 Å². The van der Waals surface area contributed by atoms with Crippen LogP contribution >= 0.6 is 22.7 Å². The number of nitrogens with one attached hydrogen (secondary N) is 1. The van der Waals surface area contributed by atoms with E-state index < -0.39 is 0 Å². The van der Waals surface area contributed by atoms with Crippen LogP contribution in [0.1, 0.15) is 77.4 Å². The molecule has 1 aliphatic carbocycles. The number of nitrogens with zero attached hydrogens (tertiary/aromatic N) is 1. The first kappa shape index (κ1) is 21.6. The Bertz CT molecular complexity index is 924. The van der Waals surface area contributed by atoms with Gasteiger partial charge in [0.2, 0.25) is 0 Å². The van der Waals surface area contributed by atoms with E-state index in [0.717, 1.165) is 49.3 Å². The van der Waals surface area contributed by atoms with Gasteiger partial charge >= 0.3 is 0 Å². The Morgan fingerprint density at radius 3 is 2.70 bits per heavy atom. The predicted molar refractivity (Wildman–Crippen MR) is 126 cm³/mol. The van der Waals surface area contributed by atoms with Crippen LogP contribution in [0.2, 0.25) is 0 Å². The molecule has 2 aromatic heterocycles. The lowest BCUT2D eigenvalue weighted by Crippen LogP contribution is -2.39. The first-order valence-electron chi connectivity index (χ1n) is 11.0. The largest absolute Gasteiger partial charge is 0.338 e. The maximum Gasteiger partial charge on any atom is 0.266 e.